The van der Waals surface area contributed by atoms with Crippen molar-refractivity contribution in [3.8, 4) is 0 Å². The van der Waals surface area contributed by atoms with Gasteiger partial charge in [0, 0.05) is 27.7 Å². The van der Waals surface area contributed by atoms with Crippen LogP contribution in [-0.4, -0.2) is 55.1 Å². The molecule has 3 unspecified atom stereocenters. The van der Waals surface area contributed by atoms with E-state index in [2.05, 4.69) is 0 Å². The summed E-state index contributed by atoms with van der Waals surface area (Å²) in [6.07, 6.45) is -3.93. The van der Waals surface area contributed by atoms with Crippen LogP contribution < -0.4 is 0 Å². The molecule has 0 amide bonds. The number of ether oxygens (including phenoxy) is 5. The van der Waals surface area contributed by atoms with E-state index in [4.69, 9.17) is 23.7 Å². The maximum Gasteiger partial charge on any atom is 0.304 e. The third-order valence-electron chi connectivity index (χ3n) is 3.28. The Morgan fingerprint density at radius 1 is 0.792 bits per heavy atom. The Morgan fingerprint density at radius 2 is 1.29 bits per heavy atom. The molecule has 1 heterocycles. The third kappa shape index (κ3) is 5.80. The van der Waals surface area contributed by atoms with Gasteiger partial charge >= 0.3 is 23.9 Å². The Balaban J connectivity index is 3.08. The van der Waals surface area contributed by atoms with Gasteiger partial charge in [0.25, 0.3) is 0 Å². The van der Waals surface area contributed by atoms with Crippen molar-refractivity contribution in [2.24, 2.45) is 5.92 Å². The van der Waals surface area contributed by atoms with Crippen LogP contribution in [0, 0.1) is 5.92 Å². The smallest absolute Gasteiger partial charge is 0.304 e. The van der Waals surface area contributed by atoms with Gasteiger partial charge in [-0.3, -0.25) is 19.2 Å². The fourth-order valence-electron chi connectivity index (χ4n) is 2.37. The molecule has 1 fully saturated rings. The molecule has 5 atom stereocenters. The van der Waals surface area contributed by atoms with Crippen LogP contribution in [-0.2, 0) is 42.9 Å². The van der Waals surface area contributed by atoms with E-state index in [1.807, 2.05) is 0 Å². The topological polar surface area (TPSA) is 114 Å². The van der Waals surface area contributed by atoms with E-state index in [0.29, 0.717) is 0 Å². The summed E-state index contributed by atoms with van der Waals surface area (Å²) in [6.45, 7) is 6.18. The van der Waals surface area contributed by atoms with Crippen LogP contribution in [0.3, 0.4) is 0 Å². The van der Waals surface area contributed by atoms with E-state index in [1.54, 1.807) is 6.92 Å². The Bertz CT molecular complexity index is 485. The Hall–Kier alpha value is -2.16. The van der Waals surface area contributed by atoms with Crippen molar-refractivity contribution >= 4 is 23.9 Å². The Morgan fingerprint density at radius 3 is 1.75 bits per heavy atom. The van der Waals surface area contributed by atoms with Gasteiger partial charge in [0.05, 0.1) is 5.92 Å². The molecule has 0 aromatic heterocycles. The van der Waals surface area contributed by atoms with E-state index >= 15 is 0 Å². The highest BCUT2D eigenvalue weighted by Crippen LogP contribution is 2.31. The SMILES string of the molecule is CC(=O)OCC1O[C@H](OC(C)=O)C(C)C(OC(C)=O)[C@@H]1OC(C)=O. The summed E-state index contributed by atoms with van der Waals surface area (Å²) in [4.78, 5) is 45.1. The lowest BCUT2D eigenvalue weighted by Crippen LogP contribution is -2.58. The first-order valence-corrected chi connectivity index (χ1v) is 7.42. The van der Waals surface area contributed by atoms with E-state index in [1.165, 1.54) is 27.7 Å². The highest BCUT2D eigenvalue weighted by atomic mass is 16.7. The summed E-state index contributed by atoms with van der Waals surface area (Å²) < 4.78 is 26.0. The molecule has 1 aliphatic heterocycles. The van der Waals surface area contributed by atoms with Gasteiger partial charge in [-0.15, -0.1) is 0 Å². The van der Waals surface area contributed by atoms with Gasteiger partial charge < -0.3 is 23.7 Å². The largest absolute Gasteiger partial charge is 0.463 e. The highest BCUT2D eigenvalue weighted by Gasteiger charge is 2.49. The van der Waals surface area contributed by atoms with Crippen LogP contribution in [0.4, 0.5) is 0 Å². The summed E-state index contributed by atoms with van der Waals surface area (Å²) in [5, 5.41) is 0. The maximum atomic E-state index is 11.4. The predicted octanol–water partition coefficient (Wildman–Crippen LogP) is 0.337. The Kier molecular flexibility index (Phi) is 7.15. The van der Waals surface area contributed by atoms with Gasteiger partial charge in [-0.1, -0.05) is 6.92 Å². The molecule has 1 rings (SSSR count). The molecule has 0 bridgehead atoms. The zero-order chi connectivity index (χ0) is 18.4. The van der Waals surface area contributed by atoms with Gasteiger partial charge in [0.2, 0.25) is 6.29 Å². The Labute approximate surface area is 139 Å². The summed E-state index contributed by atoms with van der Waals surface area (Å²) in [7, 11) is 0. The van der Waals surface area contributed by atoms with Crippen LogP contribution in [0.25, 0.3) is 0 Å². The number of carbonyl (C=O) groups is 4. The van der Waals surface area contributed by atoms with Gasteiger partial charge in [-0.25, -0.2) is 0 Å². The second-order valence-electron chi connectivity index (χ2n) is 5.46. The molecule has 0 aliphatic carbocycles. The van der Waals surface area contributed by atoms with Crippen LogP contribution in [0.15, 0.2) is 0 Å². The number of carbonyl (C=O) groups excluding carboxylic acids is 4. The molecule has 0 radical (unpaired) electrons. The average Bonchev–Trinajstić information content (AvgIpc) is 2.42. The molecular weight excluding hydrogens is 324 g/mol. The van der Waals surface area contributed by atoms with Crippen molar-refractivity contribution in [1.82, 2.24) is 0 Å². The van der Waals surface area contributed by atoms with Gasteiger partial charge in [0.1, 0.15) is 18.8 Å². The van der Waals surface area contributed by atoms with E-state index in [0.717, 1.165) is 0 Å². The van der Waals surface area contributed by atoms with Crippen molar-refractivity contribution < 1.29 is 42.9 Å². The minimum absolute atomic E-state index is 0.254. The van der Waals surface area contributed by atoms with Crippen molar-refractivity contribution in [2.75, 3.05) is 6.61 Å². The average molecular weight is 346 g/mol. The first kappa shape index (κ1) is 19.9. The first-order valence-electron chi connectivity index (χ1n) is 7.42. The summed E-state index contributed by atoms with van der Waals surface area (Å²) >= 11 is 0. The molecule has 9 heteroatoms. The molecule has 0 spiro atoms. The van der Waals surface area contributed by atoms with Crippen LogP contribution in [0.2, 0.25) is 0 Å². The fourth-order valence-corrected chi connectivity index (χ4v) is 2.37. The van der Waals surface area contributed by atoms with E-state index in [-0.39, 0.29) is 6.61 Å². The van der Waals surface area contributed by atoms with Gasteiger partial charge in [0.15, 0.2) is 6.10 Å². The number of rotatable bonds is 5. The maximum absolute atomic E-state index is 11.4. The van der Waals surface area contributed by atoms with Crippen molar-refractivity contribution in [3.05, 3.63) is 0 Å². The summed E-state index contributed by atoms with van der Waals surface area (Å²) in [5.41, 5.74) is 0. The predicted molar refractivity (Wildman–Crippen MR) is 77.3 cm³/mol. The van der Waals surface area contributed by atoms with E-state index in [9.17, 15) is 19.2 Å². The van der Waals surface area contributed by atoms with Crippen molar-refractivity contribution in [2.45, 2.75) is 59.2 Å². The molecule has 1 aliphatic rings. The minimum atomic E-state index is -1.04. The molecular formula is C15H22O9. The lowest BCUT2D eigenvalue weighted by atomic mass is 9.92. The number of hydrogen-bond acceptors (Lipinski definition) is 9. The molecule has 9 nitrogen and oxygen atoms in total. The molecule has 0 aromatic rings. The summed E-state index contributed by atoms with van der Waals surface area (Å²) in [6, 6.07) is 0. The minimum Gasteiger partial charge on any atom is -0.463 e. The summed E-state index contributed by atoms with van der Waals surface area (Å²) in [5.74, 6) is -2.97. The zero-order valence-electron chi connectivity index (χ0n) is 14.3. The first-order chi connectivity index (χ1) is 11.1. The standard InChI is InChI=1S/C15H22O9/c1-7-13(21-9(3)17)14(22-10(4)18)12(6-20-8(2)16)24-15(7)23-11(5)19/h7,12-15H,6H2,1-5H3/t7?,12?,13?,14-,15+/m1/s1. The second-order valence-corrected chi connectivity index (χ2v) is 5.46. The monoisotopic (exact) mass is 346 g/mol. The quantitative estimate of drug-likeness (QED) is 0.513. The van der Waals surface area contributed by atoms with Crippen LogP contribution in [0.1, 0.15) is 34.6 Å². The molecule has 0 aromatic carbocycles. The molecule has 136 valence electrons. The fraction of sp³-hybridized carbons (Fsp3) is 0.733. The van der Waals surface area contributed by atoms with Crippen LogP contribution >= 0.6 is 0 Å². The second kappa shape index (κ2) is 8.62. The molecule has 24 heavy (non-hydrogen) atoms. The number of esters is 4. The zero-order valence-corrected chi connectivity index (χ0v) is 14.3. The van der Waals surface area contributed by atoms with Gasteiger partial charge in [-0.05, 0) is 0 Å². The molecule has 0 N–H and O–H groups in total. The highest BCUT2D eigenvalue weighted by molar-refractivity contribution is 5.68. The third-order valence-corrected chi connectivity index (χ3v) is 3.28. The van der Waals surface area contributed by atoms with Crippen molar-refractivity contribution in [1.29, 1.82) is 0 Å². The number of hydrogen-bond donors (Lipinski definition) is 0. The normalized spacial score (nSPS) is 29.3. The van der Waals surface area contributed by atoms with E-state index < -0.39 is 54.4 Å². The van der Waals surface area contributed by atoms with Crippen molar-refractivity contribution in [3.63, 3.8) is 0 Å². The van der Waals surface area contributed by atoms with Crippen LogP contribution in [0.5, 0.6) is 0 Å². The molecule has 1 saturated heterocycles. The lowest BCUT2D eigenvalue weighted by molar-refractivity contribution is -0.281. The van der Waals surface area contributed by atoms with Gasteiger partial charge in [-0.2, -0.15) is 0 Å². The lowest BCUT2D eigenvalue weighted by Gasteiger charge is -2.43. The molecule has 0 saturated carbocycles.